The standard InChI is InChI=1S/C24H24N2O4S/c1-15-4-7-19(12-16(15)2)25-22(27)21-14-31-24(18-10-11-30-13-18)26(21)23(28)17-5-8-20(29-3)9-6-17/h4-13,21,24H,14H2,1-3H3,(H,25,27). The zero-order valence-corrected chi connectivity index (χ0v) is 18.4. The highest BCUT2D eigenvalue weighted by Crippen LogP contribution is 2.42. The summed E-state index contributed by atoms with van der Waals surface area (Å²) >= 11 is 1.55. The lowest BCUT2D eigenvalue weighted by atomic mass is 10.1. The quantitative estimate of drug-likeness (QED) is 0.622. The predicted octanol–water partition coefficient (Wildman–Crippen LogP) is 4.80. The van der Waals surface area contributed by atoms with Gasteiger partial charge in [-0.2, -0.15) is 0 Å². The number of nitrogens with one attached hydrogen (secondary N) is 1. The molecule has 1 aromatic heterocycles. The molecule has 1 saturated heterocycles. The zero-order valence-electron chi connectivity index (χ0n) is 17.6. The lowest BCUT2D eigenvalue weighted by Gasteiger charge is -2.28. The van der Waals surface area contributed by atoms with Crippen molar-refractivity contribution in [3.8, 4) is 5.75 Å². The number of aryl methyl sites for hydroxylation is 2. The van der Waals surface area contributed by atoms with Gasteiger partial charge in [0.05, 0.1) is 19.6 Å². The van der Waals surface area contributed by atoms with Gasteiger partial charge in [-0.25, -0.2) is 0 Å². The van der Waals surface area contributed by atoms with Gasteiger partial charge in [-0.3, -0.25) is 9.59 Å². The first kappa shape index (κ1) is 21.1. The summed E-state index contributed by atoms with van der Waals surface area (Å²) in [4.78, 5) is 28.3. The number of benzene rings is 2. The number of carbonyl (C=O) groups is 2. The van der Waals surface area contributed by atoms with Crippen molar-refractivity contribution in [2.75, 3.05) is 18.2 Å². The maximum Gasteiger partial charge on any atom is 0.255 e. The SMILES string of the molecule is COc1ccc(C(=O)N2C(C(=O)Nc3ccc(C)c(C)c3)CSC2c2ccoc2)cc1. The third kappa shape index (κ3) is 4.32. The molecule has 6 nitrogen and oxygen atoms in total. The van der Waals surface area contributed by atoms with Crippen molar-refractivity contribution in [1.29, 1.82) is 0 Å². The molecule has 2 aromatic carbocycles. The van der Waals surface area contributed by atoms with Crippen LogP contribution in [0.3, 0.4) is 0 Å². The number of ether oxygens (including phenoxy) is 1. The number of thioether (sulfide) groups is 1. The van der Waals surface area contributed by atoms with E-state index in [4.69, 9.17) is 9.15 Å². The van der Waals surface area contributed by atoms with Crippen LogP contribution in [0.2, 0.25) is 0 Å². The monoisotopic (exact) mass is 436 g/mol. The molecule has 4 rings (SSSR count). The van der Waals surface area contributed by atoms with Gasteiger partial charge in [-0.05, 0) is 67.4 Å². The summed E-state index contributed by atoms with van der Waals surface area (Å²) in [5.74, 6) is 0.750. The normalized spacial score (nSPS) is 18.1. The number of nitrogens with zero attached hydrogens (tertiary/aromatic N) is 1. The predicted molar refractivity (Wildman–Crippen MR) is 121 cm³/mol. The number of amides is 2. The minimum atomic E-state index is -0.610. The molecule has 3 aromatic rings. The summed E-state index contributed by atoms with van der Waals surface area (Å²) in [5.41, 5.74) is 4.34. The van der Waals surface area contributed by atoms with Gasteiger partial charge in [0.1, 0.15) is 17.2 Å². The van der Waals surface area contributed by atoms with Crippen molar-refractivity contribution in [3.05, 3.63) is 83.3 Å². The smallest absolute Gasteiger partial charge is 0.255 e. The minimum absolute atomic E-state index is 0.205. The van der Waals surface area contributed by atoms with Crippen LogP contribution in [-0.4, -0.2) is 35.6 Å². The van der Waals surface area contributed by atoms with E-state index in [0.29, 0.717) is 17.1 Å². The molecule has 0 radical (unpaired) electrons. The Kier molecular flexibility index (Phi) is 6.04. The Balaban J connectivity index is 1.62. The van der Waals surface area contributed by atoms with E-state index < -0.39 is 6.04 Å². The molecule has 7 heteroatoms. The highest BCUT2D eigenvalue weighted by Gasteiger charge is 2.43. The number of hydrogen-bond acceptors (Lipinski definition) is 5. The Labute approximate surface area is 185 Å². The molecule has 0 bridgehead atoms. The second kappa shape index (κ2) is 8.89. The van der Waals surface area contributed by atoms with Gasteiger partial charge in [-0.1, -0.05) is 6.07 Å². The van der Waals surface area contributed by atoms with E-state index in [2.05, 4.69) is 5.32 Å². The molecule has 1 fully saturated rings. The first-order chi connectivity index (χ1) is 15.0. The maximum absolute atomic E-state index is 13.5. The van der Waals surface area contributed by atoms with Crippen LogP contribution in [0, 0.1) is 13.8 Å². The fraction of sp³-hybridized carbons (Fsp3) is 0.250. The van der Waals surface area contributed by atoms with Gasteiger partial charge in [0.2, 0.25) is 5.91 Å². The highest BCUT2D eigenvalue weighted by molar-refractivity contribution is 7.99. The molecule has 0 spiro atoms. The van der Waals surface area contributed by atoms with Gasteiger partial charge < -0.3 is 19.4 Å². The minimum Gasteiger partial charge on any atom is -0.497 e. The fourth-order valence-electron chi connectivity index (χ4n) is 3.56. The molecule has 1 aliphatic rings. The van der Waals surface area contributed by atoms with Crippen LogP contribution in [0.4, 0.5) is 5.69 Å². The van der Waals surface area contributed by atoms with Gasteiger partial charge in [-0.15, -0.1) is 11.8 Å². The number of rotatable bonds is 5. The first-order valence-electron chi connectivity index (χ1n) is 9.96. The van der Waals surface area contributed by atoms with E-state index in [0.717, 1.165) is 22.4 Å². The topological polar surface area (TPSA) is 71.8 Å². The van der Waals surface area contributed by atoms with E-state index in [1.807, 2.05) is 38.1 Å². The van der Waals surface area contributed by atoms with Crippen LogP contribution in [0.15, 0.2) is 65.5 Å². The van der Waals surface area contributed by atoms with Crippen LogP contribution in [0.25, 0.3) is 0 Å². The van der Waals surface area contributed by atoms with E-state index in [-0.39, 0.29) is 17.2 Å². The van der Waals surface area contributed by atoms with Crippen molar-refractivity contribution in [1.82, 2.24) is 4.90 Å². The number of methoxy groups -OCH3 is 1. The molecule has 1 N–H and O–H groups in total. The van der Waals surface area contributed by atoms with Crippen LogP contribution >= 0.6 is 11.8 Å². The molecular formula is C24H24N2O4S. The Morgan fingerprint density at radius 1 is 1.10 bits per heavy atom. The lowest BCUT2D eigenvalue weighted by molar-refractivity contribution is -0.119. The molecule has 31 heavy (non-hydrogen) atoms. The van der Waals surface area contributed by atoms with Crippen molar-refractivity contribution in [2.45, 2.75) is 25.3 Å². The first-order valence-corrected chi connectivity index (χ1v) is 11.0. The van der Waals surface area contributed by atoms with E-state index in [1.54, 1.807) is 60.6 Å². The largest absolute Gasteiger partial charge is 0.497 e. The van der Waals surface area contributed by atoms with E-state index in [1.165, 1.54) is 0 Å². The molecule has 2 heterocycles. The Morgan fingerprint density at radius 3 is 2.52 bits per heavy atom. The molecule has 160 valence electrons. The maximum atomic E-state index is 13.5. The number of furan rings is 1. The van der Waals surface area contributed by atoms with Crippen LogP contribution in [-0.2, 0) is 4.79 Å². The van der Waals surface area contributed by atoms with Gasteiger partial charge in [0.15, 0.2) is 0 Å². The average molecular weight is 437 g/mol. The molecule has 0 saturated carbocycles. The summed E-state index contributed by atoms with van der Waals surface area (Å²) in [6, 6.07) is 13.9. The highest BCUT2D eigenvalue weighted by atomic mass is 32.2. The zero-order chi connectivity index (χ0) is 22.0. The number of anilines is 1. The van der Waals surface area contributed by atoms with Crippen LogP contribution in [0.1, 0.15) is 32.4 Å². The second-order valence-corrected chi connectivity index (χ2v) is 8.60. The second-order valence-electron chi connectivity index (χ2n) is 7.49. The number of hydrogen-bond donors (Lipinski definition) is 1. The Hall–Kier alpha value is -3.19. The Morgan fingerprint density at radius 2 is 1.87 bits per heavy atom. The van der Waals surface area contributed by atoms with Crippen molar-refractivity contribution >= 4 is 29.3 Å². The summed E-state index contributed by atoms with van der Waals surface area (Å²) in [7, 11) is 1.58. The van der Waals surface area contributed by atoms with Crippen molar-refractivity contribution in [3.63, 3.8) is 0 Å². The molecule has 0 aliphatic carbocycles. The third-order valence-corrected chi connectivity index (χ3v) is 6.80. The summed E-state index contributed by atoms with van der Waals surface area (Å²) in [6.07, 6.45) is 3.20. The fourth-order valence-corrected chi connectivity index (χ4v) is 4.96. The van der Waals surface area contributed by atoms with Crippen molar-refractivity contribution < 1.29 is 18.7 Å². The van der Waals surface area contributed by atoms with E-state index >= 15 is 0 Å². The molecule has 2 amide bonds. The van der Waals surface area contributed by atoms with E-state index in [9.17, 15) is 9.59 Å². The Bertz CT molecular complexity index is 1080. The van der Waals surface area contributed by atoms with Gasteiger partial charge in [0.25, 0.3) is 5.91 Å². The summed E-state index contributed by atoms with van der Waals surface area (Å²) < 4.78 is 10.4. The van der Waals surface area contributed by atoms with Crippen LogP contribution in [0.5, 0.6) is 5.75 Å². The average Bonchev–Trinajstić information content (AvgIpc) is 3.45. The van der Waals surface area contributed by atoms with Crippen LogP contribution < -0.4 is 10.1 Å². The third-order valence-electron chi connectivity index (χ3n) is 5.48. The van der Waals surface area contributed by atoms with Gasteiger partial charge in [0, 0.05) is 22.6 Å². The molecular weight excluding hydrogens is 412 g/mol. The summed E-state index contributed by atoms with van der Waals surface area (Å²) in [5, 5.41) is 2.68. The lowest BCUT2D eigenvalue weighted by Crippen LogP contribution is -2.45. The molecule has 2 atom stereocenters. The molecule has 2 unspecified atom stereocenters. The van der Waals surface area contributed by atoms with Crippen molar-refractivity contribution in [2.24, 2.45) is 0 Å². The summed E-state index contributed by atoms with van der Waals surface area (Å²) in [6.45, 7) is 4.03. The van der Waals surface area contributed by atoms with Gasteiger partial charge >= 0.3 is 0 Å². The molecule has 1 aliphatic heterocycles. The number of carbonyl (C=O) groups excluding carboxylic acids is 2.